The van der Waals surface area contributed by atoms with Gasteiger partial charge in [-0.25, -0.2) is 0 Å². The first-order chi connectivity index (χ1) is 8.34. The molecule has 1 aliphatic rings. The van der Waals surface area contributed by atoms with Crippen LogP contribution in [0.4, 0.5) is 0 Å². The van der Waals surface area contributed by atoms with Gasteiger partial charge in [0.1, 0.15) is 5.75 Å². The fraction of sp³-hybridized carbons (Fsp3) is 0.250. The van der Waals surface area contributed by atoms with E-state index in [0.717, 1.165) is 18.8 Å². The van der Waals surface area contributed by atoms with E-state index in [9.17, 15) is 0 Å². The average Bonchev–Trinajstić information content (AvgIpc) is 2.39. The van der Waals surface area contributed by atoms with Crippen LogP contribution in [0.15, 0.2) is 48.5 Å². The van der Waals surface area contributed by atoms with Gasteiger partial charge in [-0.3, -0.25) is 0 Å². The summed E-state index contributed by atoms with van der Waals surface area (Å²) in [5.74, 6) is 1.54. The topological polar surface area (TPSA) is 9.23 Å². The second-order valence-corrected chi connectivity index (χ2v) is 4.64. The fourth-order valence-electron chi connectivity index (χ4n) is 2.55. The molecule has 0 radical (unpaired) electrons. The highest BCUT2D eigenvalue weighted by atomic mass is 16.5. The van der Waals surface area contributed by atoms with E-state index in [1.807, 2.05) is 0 Å². The van der Waals surface area contributed by atoms with Crippen molar-refractivity contribution < 1.29 is 4.74 Å². The van der Waals surface area contributed by atoms with Crippen molar-refractivity contribution in [1.82, 2.24) is 0 Å². The molecule has 0 bridgehead atoms. The molecule has 0 N–H and O–H groups in total. The molecule has 86 valence electrons. The summed E-state index contributed by atoms with van der Waals surface area (Å²) >= 11 is 0. The maximum atomic E-state index is 5.73. The van der Waals surface area contributed by atoms with Gasteiger partial charge in [-0.2, -0.15) is 0 Å². The molecule has 3 rings (SSSR count). The molecule has 0 unspecified atom stereocenters. The van der Waals surface area contributed by atoms with Gasteiger partial charge in [0, 0.05) is 11.5 Å². The highest BCUT2D eigenvalue weighted by Gasteiger charge is 2.22. The predicted octanol–water partition coefficient (Wildman–Crippen LogP) is 3.91. The second-order valence-electron chi connectivity index (χ2n) is 4.64. The number of hydrogen-bond donors (Lipinski definition) is 0. The molecule has 0 amide bonds. The molecule has 1 heterocycles. The lowest BCUT2D eigenvalue weighted by atomic mass is 9.86. The molecule has 0 saturated heterocycles. The van der Waals surface area contributed by atoms with Crippen molar-refractivity contribution in [1.29, 1.82) is 0 Å². The van der Waals surface area contributed by atoms with Gasteiger partial charge in [0.05, 0.1) is 6.61 Å². The molecule has 0 aliphatic carbocycles. The minimum atomic E-state index is 0.486. The molecule has 1 atom stereocenters. The Morgan fingerprint density at radius 2 is 1.88 bits per heavy atom. The zero-order valence-electron chi connectivity index (χ0n) is 10.0. The summed E-state index contributed by atoms with van der Waals surface area (Å²) in [7, 11) is 0. The van der Waals surface area contributed by atoms with Gasteiger partial charge < -0.3 is 4.74 Å². The van der Waals surface area contributed by atoms with Crippen LogP contribution in [0.25, 0.3) is 0 Å². The molecule has 2 aromatic carbocycles. The van der Waals surface area contributed by atoms with Gasteiger partial charge in [0.2, 0.25) is 0 Å². The molecule has 1 heteroatoms. The second kappa shape index (κ2) is 4.25. The van der Waals surface area contributed by atoms with Crippen LogP contribution in [-0.4, -0.2) is 6.61 Å². The van der Waals surface area contributed by atoms with Crippen molar-refractivity contribution in [3.63, 3.8) is 0 Å². The number of fused-ring (bicyclic) bond motifs is 1. The number of aryl methyl sites for hydroxylation is 1. The Kier molecular flexibility index (Phi) is 2.60. The molecule has 2 aromatic rings. The van der Waals surface area contributed by atoms with E-state index in [0.29, 0.717) is 5.92 Å². The Hall–Kier alpha value is -1.76. The van der Waals surface area contributed by atoms with E-state index in [-0.39, 0.29) is 0 Å². The Bertz CT molecular complexity index is 516. The standard InChI is InChI=1S/C16H16O/c1-12-7-8-16-15(11-12)14(9-10-17-16)13-5-3-2-4-6-13/h2-8,11,14H,9-10H2,1H3/t14-/m0/s1. The Labute approximate surface area is 102 Å². The third-order valence-electron chi connectivity index (χ3n) is 3.41. The first-order valence-corrected chi connectivity index (χ1v) is 6.13. The fourth-order valence-corrected chi connectivity index (χ4v) is 2.55. The van der Waals surface area contributed by atoms with Crippen LogP contribution in [-0.2, 0) is 0 Å². The summed E-state index contributed by atoms with van der Waals surface area (Å²) in [5.41, 5.74) is 4.03. The number of hydrogen-bond acceptors (Lipinski definition) is 1. The summed E-state index contributed by atoms with van der Waals surface area (Å²) < 4.78 is 5.73. The van der Waals surface area contributed by atoms with Crippen LogP contribution in [0.5, 0.6) is 5.75 Å². The molecule has 17 heavy (non-hydrogen) atoms. The molecule has 1 nitrogen and oxygen atoms in total. The Morgan fingerprint density at radius 3 is 2.71 bits per heavy atom. The first kappa shape index (κ1) is 10.4. The van der Waals surface area contributed by atoms with Crippen LogP contribution in [0.2, 0.25) is 0 Å². The van der Waals surface area contributed by atoms with E-state index < -0.39 is 0 Å². The first-order valence-electron chi connectivity index (χ1n) is 6.13. The van der Waals surface area contributed by atoms with Crippen molar-refractivity contribution in [2.45, 2.75) is 19.3 Å². The molecular weight excluding hydrogens is 208 g/mol. The molecule has 0 spiro atoms. The average molecular weight is 224 g/mol. The van der Waals surface area contributed by atoms with Gasteiger partial charge in [-0.15, -0.1) is 0 Å². The number of ether oxygens (including phenoxy) is 1. The molecule has 0 saturated carbocycles. The molecule has 1 aliphatic heterocycles. The Balaban J connectivity index is 2.08. The quantitative estimate of drug-likeness (QED) is 0.713. The van der Waals surface area contributed by atoms with Crippen molar-refractivity contribution >= 4 is 0 Å². The van der Waals surface area contributed by atoms with E-state index in [1.54, 1.807) is 0 Å². The monoisotopic (exact) mass is 224 g/mol. The van der Waals surface area contributed by atoms with E-state index in [1.165, 1.54) is 16.7 Å². The third kappa shape index (κ3) is 1.93. The van der Waals surface area contributed by atoms with Crippen molar-refractivity contribution in [2.75, 3.05) is 6.61 Å². The smallest absolute Gasteiger partial charge is 0.123 e. The summed E-state index contributed by atoms with van der Waals surface area (Å²) in [6.07, 6.45) is 1.07. The third-order valence-corrected chi connectivity index (χ3v) is 3.41. The van der Waals surface area contributed by atoms with Gasteiger partial charge in [0.25, 0.3) is 0 Å². The minimum Gasteiger partial charge on any atom is -0.493 e. The van der Waals surface area contributed by atoms with Gasteiger partial charge in [-0.05, 0) is 25.0 Å². The SMILES string of the molecule is Cc1ccc2c(c1)[C@H](c1ccccc1)CCO2. The number of benzene rings is 2. The van der Waals surface area contributed by atoms with Crippen molar-refractivity contribution in [3.8, 4) is 5.75 Å². The van der Waals surface area contributed by atoms with E-state index in [4.69, 9.17) is 4.74 Å². The van der Waals surface area contributed by atoms with Gasteiger partial charge in [-0.1, -0.05) is 48.0 Å². The highest BCUT2D eigenvalue weighted by molar-refractivity contribution is 5.45. The van der Waals surface area contributed by atoms with Crippen LogP contribution in [0, 0.1) is 6.92 Å². The van der Waals surface area contributed by atoms with E-state index in [2.05, 4.69) is 55.5 Å². The highest BCUT2D eigenvalue weighted by Crippen LogP contribution is 2.38. The van der Waals surface area contributed by atoms with Crippen molar-refractivity contribution in [2.24, 2.45) is 0 Å². The maximum absolute atomic E-state index is 5.73. The molecule has 0 aromatic heterocycles. The Morgan fingerprint density at radius 1 is 1.06 bits per heavy atom. The zero-order chi connectivity index (χ0) is 11.7. The normalized spacial score (nSPS) is 18.3. The lowest BCUT2D eigenvalue weighted by Gasteiger charge is -2.26. The summed E-state index contributed by atoms with van der Waals surface area (Å²) in [5, 5.41) is 0. The predicted molar refractivity (Wildman–Crippen MR) is 69.6 cm³/mol. The zero-order valence-corrected chi connectivity index (χ0v) is 10.0. The summed E-state index contributed by atoms with van der Waals surface area (Å²) in [4.78, 5) is 0. The van der Waals surface area contributed by atoms with Crippen molar-refractivity contribution in [3.05, 3.63) is 65.2 Å². The van der Waals surface area contributed by atoms with Crippen LogP contribution in [0.1, 0.15) is 29.0 Å². The molecular formula is C16H16O. The summed E-state index contributed by atoms with van der Waals surface area (Å²) in [6.45, 7) is 2.95. The lowest BCUT2D eigenvalue weighted by molar-refractivity contribution is 0.277. The van der Waals surface area contributed by atoms with Crippen LogP contribution >= 0.6 is 0 Å². The summed E-state index contributed by atoms with van der Waals surface area (Å²) in [6, 6.07) is 17.2. The number of rotatable bonds is 1. The lowest BCUT2D eigenvalue weighted by Crippen LogP contribution is -2.15. The van der Waals surface area contributed by atoms with E-state index >= 15 is 0 Å². The van der Waals surface area contributed by atoms with Crippen LogP contribution < -0.4 is 4.74 Å². The maximum Gasteiger partial charge on any atom is 0.123 e. The van der Waals surface area contributed by atoms with Gasteiger partial charge >= 0.3 is 0 Å². The van der Waals surface area contributed by atoms with Gasteiger partial charge in [0.15, 0.2) is 0 Å². The minimum absolute atomic E-state index is 0.486. The largest absolute Gasteiger partial charge is 0.493 e. The van der Waals surface area contributed by atoms with Crippen LogP contribution in [0.3, 0.4) is 0 Å². The molecule has 0 fully saturated rings.